The van der Waals surface area contributed by atoms with E-state index in [4.69, 9.17) is 4.74 Å². The molecule has 0 bridgehead atoms. The van der Waals surface area contributed by atoms with E-state index in [0.29, 0.717) is 23.4 Å². The number of aryl methyl sites for hydroxylation is 3. The van der Waals surface area contributed by atoms with E-state index in [1.807, 2.05) is 32.9 Å². The van der Waals surface area contributed by atoms with Crippen molar-refractivity contribution >= 4 is 10.0 Å². The van der Waals surface area contributed by atoms with Gasteiger partial charge in [0, 0.05) is 25.8 Å². The average molecular weight is 381 g/mol. The standard InChI is InChI=1S/C20H32N2O3S/c1-15-12-16(2)20(17(3)13-15)26(23,24)21-14-18-4-8-22(9-5-18)19-6-10-25-11-7-19/h12-13,18-19,21H,4-11,14H2,1-3H3. The van der Waals surface area contributed by atoms with E-state index in [0.717, 1.165) is 68.7 Å². The Balaban J connectivity index is 1.54. The summed E-state index contributed by atoms with van der Waals surface area (Å²) in [5, 5.41) is 0. The maximum absolute atomic E-state index is 12.8. The van der Waals surface area contributed by atoms with Gasteiger partial charge >= 0.3 is 0 Å². The van der Waals surface area contributed by atoms with Crippen molar-refractivity contribution < 1.29 is 13.2 Å². The molecule has 0 atom stereocenters. The van der Waals surface area contributed by atoms with Crippen LogP contribution in [0.2, 0.25) is 0 Å². The molecule has 3 rings (SSSR count). The maximum Gasteiger partial charge on any atom is 0.241 e. The Hall–Kier alpha value is -0.950. The third-order valence-corrected chi connectivity index (χ3v) is 7.52. The molecule has 1 N–H and O–H groups in total. The van der Waals surface area contributed by atoms with Crippen LogP contribution >= 0.6 is 0 Å². The molecule has 26 heavy (non-hydrogen) atoms. The molecule has 2 fully saturated rings. The van der Waals surface area contributed by atoms with Crippen molar-refractivity contribution in [2.75, 3.05) is 32.8 Å². The van der Waals surface area contributed by atoms with E-state index in [1.165, 1.54) is 0 Å². The first-order chi connectivity index (χ1) is 12.4. The zero-order valence-corrected chi connectivity index (χ0v) is 17.1. The summed E-state index contributed by atoms with van der Waals surface area (Å²) in [4.78, 5) is 3.02. The van der Waals surface area contributed by atoms with Gasteiger partial charge in [-0.15, -0.1) is 0 Å². The highest BCUT2D eigenvalue weighted by atomic mass is 32.2. The molecule has 2 aliphatic heterocycles. The fourth-order valence-corrected chi connectivity index (χ4v) is 6.03. The molecule has 0 saturated carbocycles. The van der Waals surface area contributed by atoms with Crippen LogP contribution in [0, 0.1) is 26.7 Å². The molecular weight excluding hydrogens is 348 g/mol. The topological polar surface area (TPSA) is 58.6 Å². The van der Waals surface area contributed by atoms with Gasteiger partial charge in [0.1, 0.15) is 0 Å². The van der Waals surface area contributed by atoms with Gasteiger partial charge in [-0.25, -0.2) is 13.1 Å². The first-order valence-corrected chi connectivity index (χ1v) is 11.2. The third kappa shape index (κ3) is 4.66. The number of hydrogen-bond donors (Lipinski definition) is 1. The Bertz CT molecular complexity index is 696. The van der Waals surface area contributed by atoms with Crippen LogP contribution in [-0.2, 0) is 14.8 Å². The smallest absolute Gasteiger partial charge is 0.241 e. The van der Waals surface area contributed by atoms with Gasteiger partial charge in [0.25, 0.3) is 0 Å². The Morgan fingerprint density at radius 1 is 1.04 bits per heavy atom. The number of ether oxygens (including phenoxy) is 1. The maximum atomic E-state index is 12.8. The van der Waals surface area contributed by atoms with Gasteiger partial charge in [0.15, 0.2) is 0 Å². The first kappa shape index (κ1) is 19.8. The molecule has 2 saturated heterocycles. The number of hydrogen-bond acceptors (Lipinski definition) is 4. The monoisotopic (exact) mass is 380 g/mol. The van der Waals surface area contributed by atoms with Gasteiger partial charge in [0.2, 0.25) is 10.0 Å². The first-order valence-electron chi connectivity index (χ1n) is 9.76. The molecule has 2 heterocycles. The van der Waals surface area contributed by atoms with Gasteiger partial charge in [0.05, 0.1) is 4.90 Å². The van der Waals surface area contributed by atoms with Gasteiger partial charge in [-0.1, -0.05) is 17.7 Å². The molecule has 6 heteroatoms. The quantitative estimate of drug-likeness (QED) is 0.853. The molecule has 146 valence electrons. The highest BCUT2D eigenvalue weighted by Gasteiger charge is 2.28. The summed E-state index contributed by atoms with van der Waals surface area (Å²) < 4.78 is 33.9. The van der Waals surface area contributed by atoms with E-state index in [9.17, 15) is 8.42 Å². The van der Waals surface area contributed by atoms with Crippen molar-refractivity contribution in [3.05, 3.63) is 28.8 Å². The van der Waals surface area contributed by atoms with Crippen molar-refractivity contribution in [1.29, 1.82) is 0 Å². The van der Waals surface area contributed by atoms with Crippen molar-refractivity contribution in [1.82, 2.24) is 9.62 Å². The Kier molecular flexibility index (Phi) is 6.38. The van der Waals surface area contributed by atoms with E-state index < -0.39 is 10.0 Å². The Morgan fingerprint density at radius 2 is 1.62 bits per heavy atom. The largest absolute Gasteiger partial charge is 0.381 e. The van der Waals surface area contributed by atoms with Crippen LogP contribution in [0.5, 0.6) is 0 Å². The van der Waals surface area contributed by atoms with Crippen LogP contribution in [0.15, 0.2) is 17.0 Å². The molecule has 1 aromatic rings. The van der Waals surface area contributed by atoms with Crippen LogP contribution < -0.4 is 4.72 Å². The number of benzene rings is 1. The highest BCUT2D eigenvalue weighted by molar-refractivity contribution is 7.89. The van der Waals surface area contributed by atoms with Gasteiger partial charge in [-0.2, -0.15) is 0 Å². The van der Waals surface area contributed by atoms with E-state index in [2.05, 4.69) is 9.62 Å². The van der Waals surface area contributed by atoms with E-state index in [1.54, 1.807) is 0 Å². The van der Waals surface area contributed by atoms with Crippen molar-refractivity contribution in [2.45, 2.75) is 57.4 Å². The van der Waals surface area contributed by atoms with Crippen LogP contribution in [0.1, 0.15) is 42.4 Å². The number of nitrogens with one attached hydrogen (secondary N) is 1. The number of likely N-dealkylation sites (tertiary alicyclic amines) is 1. The normalized spacial score (nSPS) is 21.2. The minimum absolute atomic E-state index is 0.423. The van der Waals surface area contributed by atoms with E-state index >= 15 is 0 Å². The lowest BCUT2D eigenvalue weighted by atomic mass is 9.94. The predicted octanol–water partition coefficient (Wildman–Crippen LogP) is 2.78. The summed E-state index contributed by atoms with van der Waals surface area (Å²) in [5.41, 5.74) is 2.74. The fraction of sp³-hybridized carbons (Fsp3) is 0.700. The van der Waals surface area contributed by atoms with Gasteiger partial charge < -0.3 is 9.64 Å². The molecule has 0 aliphatic carbocycles. The second-order valence-corrected chi connectivity index (χ2v) is 9.61. The predicted molar refractivity (Wildman–Crippen MR) is 104 cm³/mol. The zero-order valence-electron chi connectivity index (χ0n) is 16.3. The number of rotatable bonds is 5. The molecule has 0 aromatic heterocycles. The summed E-state index contributed by atoms with van der Waals surface area (Å²) in [6, 6.07) is 4.53. The summed E-state index contributed by atoms with van der Waals surface area (Å²) in [6.07, 6.45) is 4.38. The van der Waals surface area contributed by atoms with Crippen LogP contribution in [0.25, 0.3) is 0 Å². The number of sulfonamides is 1. The second-order valence-electron chi connectivity index (χ2n) is 7.90. The van der Waals surface area contributed by atoms with Gasteiger partial charge in [-0.05, 0) is 76.6 Å². The number of nitrogens with zero attached hydrogens (tertiary/aromatic N) is 1. The lowest BCUT2D eigenvalue weighted by Gasteiger charge is -2.39. The Labute approximate surface area is 158 Å². The molecule has 0 amide bonds. The van der Waals surface area contributed by atoms with Crippen LogP contribution in [0.4, 0.5) is 0 Å². The molecule has 0 unspecified atom stereocenters. The van der Waals surface area contributed by atoms with Gasteiger partial charge in [-0.3, -0.25) is 0 Å². The summed E-state index contributed by atoms with van der Waals surface area (Å²) in [7, 11) is -3.45. The molecule has 2 aliphatic rings. The summed E-state index contributed by atoms with van der Waals surface area (Å²) in [6.45, 7) is 10.2. The highest BCUT2D eigenvalue weighted by Crippen LogP contribution is 2.25. The minimum Gasteiger partial charge on any atom is -0.381 e. The zero-order chi connectivity index (χ0) is 18.7. The molecule has 0 spiro atoms. The Morgan fingerprint density at radius 3 is 2.19 bits per heavy atom. The fourth-order valence-electron chi connectivity index (χ4n) is 4.46. The van der Waals surface area contributed by atoms with Crippen LogP contribution in [0.3, 0.4) is 0 Å². The van der Waals surface area contributed by atoms with E-state index in [-0.39, 0.29) is 0 Å². The lowest BCUT2D eigenvalue weighted by molar-refractivity contribution is 0.0214. The minimum atomic E-state index is -3.45. The average Bonchev–Trinajstić information content (AvgIpc) is 2.60. The molecular formula is C20H32N2O3S. The molecule has 5 nitrogen and oxygen atoms in total. The third-order valence-electron chi connectivity index (χ3n) is 5.79. The lowest BCUT2D eigenvalue weighted by Crippen LogP contribution is -2.45. The SMILES string of the molecule is Cc1cc(C)c(S(=O)(=O)NCC2CCN(C3CCOCC3)CC2)c(C)c1. The van der Waals surface area contributed by atoms with Crippen molar-refractivity contribution in [3.63, 3.8) is 0 Å². The van der Waals surface area contributed by atoms with Crippen molar-refractivity contribution in [2.24, 2.45) is 5.92 Å². The number of piperidine rings is 1. The van der Waals surface area contributed by atoms with Crippen molar-refractivity contribution in [3.8, 4) is 0 Å². The summed E-state index contributed by atoms with van der Waals surface area (Å²) >= 11 is 0. The molecule has 0 radical (unpaired) electrons. The van der Waals surface area contributed by atoms with Crippen LogP contribution in [-0.4, -0.2) is 52.2 Å². The summed E-state index contributed by atoms with van der Waals surface area (Å²) in [5.74, 6) is 0.423. The second kappa shape index (κ2) is 8.38. The molecule has 1 aromatic carbocycles.